The van der Waals surface area contributed by atoms with E-state index in [2.05, 4.69) is 33.9 Å². The van der Waals surface area contributed by atoms with Crippen LogP contribution in [0.4, 0.5) is 5.82 Å². The van der Waals surface area contributed by atoms with Gasteiger partial charge in [0.1, 0.15) is 18.7 Å². The molecule has 24 heavy (non-hydrogen) atoms. The maximum atomic E-state index is 11.5. The van der Waals surface area contributed by atoms with Gasteiger partial charge >= 0.3 is 5.97 Å². The van der Waals surface area contributed by atoms with Crippen LogP contribution in [-0.4, -0.2) is 45.9 Å². The summed E-state index contributed by atoms with van der Waals surface area (Å²) in [5.74, 6) is 1.24. The van der Waals surface area contributed by atoms with Crippen LogP contribution in [0, 0.1) is 5.92 Å². The molecule has 2 atom stereocenters. The van der Waals surface area contributed by atoms with Gasteiger partial charge in [0.25, 0.3) is 0 Å². The molecule has 0 radical (unpaired) electrons. The first-order valence-corrected chi connectivity index (χ1v) is 8.61. The Labute approximate surface area is 142 Å². The summed E-state index contributed by atoms with van der Waals surface area (Å²) in [6, 6.07) is 0.491. The van der Waals surface area contributed by atoms with Crippen molar-refractivity contribution in [1.82, 2.24) is 19.7 Å². The molecular formula is C17H25N5O2. The highest BCUT2D eigenvalue weighted by atomic mass is 16.5. The minimum atomic E-state index is -0.341. The first kappa shape index (κ1) is 16.7. The molecule has 0 N–H and O–H groups in total. The van der Waals surface area contributed by atoms with Gasteiger partial charge in [-0.25, -0.2) is 14.6 Å². The number of carbonyl (C=O) groups excluding carboxylic acids is 1. The Morgan fingerprint density at radius 2 is 2.17 bits per heavy atom. The van der Waals surface area contributed by atoms with Crippen LogP contribution in [0.3, 0.4) is 0 Å². The second kappa shape index (κ2) is 7.15. The molecule has 0 saturated heterocycles. The summed E-state index contributed by atoms with van der Waals surface area (Å²) in [4.78, 5) is 22.6. The highest BCUT2D eigenvalue weighted by Gasteiger charge is 2.29. The molecule has 2 heterocycles. The number of nitrogens with zero attached hydrogens (tertiary/aromatic N) is 5. The molecule has 7 nitrogen and oxygen atoms in total. The average Bonchev–Trinajstić information content (AvgIpc) is 3.03. The molecule has 0 unspecified atom stereocenters. The molecule has 2 aromatic rings. The minimum absolute atomic E-state index is 0.0567. The van der Waals surface area contributed by atoms with E-state index in [-0.39, 0.29) is 12.5 Å². The SMILES string of the molecule is CC[C@H]1CCCC[C@H]1N(C)c1ncnc2c1cnn2CC(=O)OC. The number of esters is 1. The molecule has 1 aliphatic rings. The molecule has 1 saturated carbocycles. The van der Waals surface area contributed by atoms with Crippen molar-refractivity contribution in [2.24, 2.45) is 5.92 Å². The van der Waals surface area contributed by atoms with Crippen LogP contribution in [-0.2, 0) is 16.1 Å². The summed E-state index contributed by atoms with van der Waals surface area (Å²) in [5.41, 5.74) is 0.668. The lowest BCUT2D eigenvalue weighted by Crippen LogP contribution is -2.40. The molecule has 2 aromatic heterocycles. The van der Waals surface area contributed by atoms with Gasteiger partial charge in [0.05, 0.1) is 18.7 Å². The first-order chi connectivity index (χ1) is 11.7. The van der Waals surface area contributed by atoms with Gasteiger partial charge in [-0.05, 0) is 18.8 Å². The maximum Gasteiger partial charge on any atom is 0.327 e. The molecule has 1 aliphatic carbocycles. The summed E-state index contributed by atoms with van der Waals surface area (Å²) in [7, 11) is 3.48. The number of ether oxygens (including phenoxy) is 1. The largest absolute Gasteiger partial charge is 0.468 e. The minimum Gasteiger partial charge on any atom is -0.468 e. The Hall–Kier alpha value is -2.18. The molecule has 7 heteroatoms. The topological polar surface area (TPSA) is 73.1 Å². The zero-order valence-corrected chi connectivity index (χ0v) is 14.6. The molecular weight excluding hydrogens is 306 g/mol. The fourth-order valence-corrected chi connectivity index (χ4v) is 3.80. The Morgan fingerprint density at radius 3 is 2.92 bits per heavy atom. The van der Waals surface area contributed by atoms with Crippen LogP contribution >= 0.6 is 0 Å². The van der Waals surface area contributed by atoms with E-state index in [9.17, 15) is 4.79 Å². The van der Waals surface area contributed by atoms with E-state index in [1.54, 1.807) is 17.2 Å². The number of fused-ring (bicyclic) bond motifs is 1. The normalized spacial score (nSPS) is 21.0. The van der Waals surface area contributed by atoms with Crippen molar-refractivity contribution in [2.75, 3.05) is 19.1 Å². The second-order valence-corrected chi connectivity index (χ2v) is 6.44. The molecule has 0 amide bonds. The number of rotatable bonds is 5. The van der Waals surface area contributed by atoms with Gasteiger partial charge in [0, 0.05) is 13.1 Å². The number of hydrogen-bond acceptors (Lipinski definition) is 6. The van der Waals surface area contributed by atoms with E-state index in [1.165, 1.54) is 39.2 Å². The number of hydrogen-bond donors (Lipinski definition) is 0. The van der Waals surface area contributed by atoms with E-state index < -0.39 is 0 Å². The van der Waals surface area contributed by atoms with Crippen molar-refractivity contribution in [2.45, 2.75) is 51.6 Å². The lowest BCUT2D eigenvalue weighted by atomic mass is 9.82. The Balaban J connectivity index is 1.93. The summed E-state index contributed by atoms with van der Waals surface area (Å²) < 4.78 is 6.29. The van der Waals surface area contributed by atoms with Gasteiger partial charge in [-0.15, -0.1) is 0 Å². The molecule has 0 aliphatic heterocycles. The summed E-state index contributed by atoms with van der Waals surface area (Å²) in [6.45, 7) is 2.32. The highest BCUT2D eigenvalue weighted by Crippen LogP contribution is 2.33. The molecule has 0 aromatic carbocycles. The predicted octanol–water partition coefficient (Wildman–Crippen LogP) is 2.40. The number of methoxy groups -OCH3 is 1. The summed E-state index contributed by atoms with van der Waals surface area (Å²) in [5, 5.41) is 5.18. The summed E-state index contributed by atoms with van der Waals surface area (Å²) >= 11 is 0. The number of aromatic nitrogens is 4. The van der Waals surface area contributed by atoms with Crippen molar-refractivity contribution in [3.63, 3.8) is 0 Å². The van der Waals surface area contributed by atoms with Crippen molar-refractivity contribution >= 4 is 22.8 Å². The lowest BCUT2D eigenvalue weighted by Gasteiger charge is -2.38. The quantitative estimate of drug-likeness (QED) is 0.783. The predicted molar refractivity (Wildman–Crippen MR) is 91.8 cm³/mol. The van der Waals surface area contributed by atoms with Gasteiger partial charge < -0.3 is 9.64 Å². The third-order valence-corrected chi connectivity index (χ3v) is 5.14. The third-order valence-electron chi connectivity index (χ3n) is 5.14. The zero-order valence-electron chi connectivity index (χ0n) is 14.6. The molecule has 130 valence electrons. The summed E-state index contributed by atoms with van der Waals surface area (Å²) in [6.07, 6.45) is 9.53. The maximum absolute atomic E-state index is 11.5. The van der Waals surface area contributed by atoms with Crippen molar-refractivity contribution in [3.8, 4) is 0 Å². The van der Waals surface area contributed by atoms with Crippen LogP contribution in [0.25, 0.3) is 11.0 Å². The highest BCUT2D eigenvalue weighted by molar-refractivity contribution is 5.87. The number of carbonyl (C=O) groups is 1. The molecule has 0 bridgehead atoms. The smallest absolute Gasteiger partial charge is 0.327 e. The van der Waals surface area contributed by atoms with Crippen molar-refractivity contribution in [1.29, 1.82) is 0 Å². The zero-order chi connectivity index (χ0) is 17.1. The van der Waals surface area contributed by atoms with E-state index in [1.807, 2.05) is 0 Å². The fourth-order valence-electron chi connectivity index (χ4n) is 3.80. The van der Waals surface area contributed by atoms with Gasteiger partial charge in [0.15, 0.2) is 5.65 Å². The Kier molecular flexibility index (Phi) is 4.97. The standard InChI is InChI=1S/C17H25N5O2/c1-4-12-7-5-6-8-14(12)21(2)16-13-9-20-22(10-15(23)24-3)17(13)19-11-18-16/h9,11-12,14H,4-8,10H2,1-3H3/t12-,14+/m0/s1. The van der Waals surface area contributed by atoms with Crippen LogP contribution in [0.5, 0.6) is 0 Å². The van der Waals surface area contributed by atoms with Gasteiger partial charge in [-0.1, -0.05) is 26.2 Å². The number of anilines is 1. The van der Waals surface area contributed by atoms with E-state index in [0.717, 1.165) is 11.2 Å². The van der Waals surface area contributed by atoms with Crippen LogP contribution in [0.2, 0.25) is 0 Å². The van der Waals surface area contributed by atoms with Crippen LogP contribution < -0.4 is 4.90 Å². The molecule has 3 rings (SSSR count). The molecule has 0 spiro atoms. The monoisotopic (exact) mass is 331 g/mol. The van der Waals surface area contributed by atoms with E-state index in [4.69, 9.17) is 4.74 Å². The second-order valence-electron chi connectivity index (χ2n) is 6.44. The Bertz CT molecular complexity index is 714. The lowest BCUT2D eigenvalue weighted by molar-refractivity contribution is -0.141. The van der Waals surface area contributed by atoms with Crippen LogP contribution in [0.1, 0.15) is 39.0 Å². The van der Waals surface area contributed by atoms with Crippen molar-refractivity contribution < 1.29 is 9.53 Å². The third kappa shape index (κ3) is 3.07. The van der Waals surface area contributed by atoms with E-state index in [0.29, 0.717) is 17.6 Å². The van der Waals surface area contributed by atoms with Crippen molar-refractivity contribution in [3.05, 3.63) is 12.5 Å². The average molecular weight is 331 g/mol. The Morgan fingerprint density at radius 1 is 1.38 bits per heavy atom. The van der Waals surface area contributed by atoms with Gasteiger partial charge in [-0.3, -0.25) is 4.79 Å². The first-order valence-electron chi connectivity index (χ1n) is 8.61. The fraction of sp³-hybridized carbons (Fsp3) is 0.647. The van der Waals surface area contributed by atoms with Gasteiger partial charge in [0.2, 0.25) is 0 Å². The van der Waals surface area contributed by atoms with E-state index >= 15 is 0 Å². The molecule has 1 fully saturated rings. The van der Waals surface area contributed by atoms with Gasteiger partial charge in [-0.2, -0.15) is 5.10 Å². The van der Waals surface area contributed by atoms with Crippen LogP contribution in [0.15, 0.2) is 12.5 Å².